The highest BCUT2D eigenvalue weighted by molar-refractivity contribution is 9.10. The summed E-state index contributed by atoms with van der Waals surface area (Å²) >= 11 is 9.37. The van der Waals surface area contributed by atoms with Crippen LogP contribution in [-0.2, 0) is 6.42 Å². The summed E-state index contributed by atoms with van der Waals surface area (Å²) in [5.74, 6) is 0.806. The van der Waals surface area contributed by atoms with Crippen molar-refractivity contribution in [1.82, 2.24) is 0 Å². The molecular weight excluding hydrogens is 290 g/mol. The molecule has 0 aromatic heterocycles. The minimum Gasteiger partial charge on any atom is -0.207 e. The van der Waals surface area contributed by atoms with Crippen LogP contribution in [0, 0.1) is 17.2 Å². The molecule has 16 heavy (non-hydrogen) atoms. The van der Waals surface area contributed by atoms with Gasteiger partial charge in [0.25, 0.3) is 0 Å². The number of hydrogen-bond donors (Lipinski definition) is 0. The van der Waals surface area contributed by atoms with E-state index in [0.29, 0.717) is 18.2 Å². The molecule has 1 rings (SSSR count). The number of rotatable bonds is 4. The maximum absolute atomic E-state index is 13.6. The van der Waals surface area contributed by atoms with Crippen LogP contribution in [-0.4, -0.2) is 5.88 Å². The Hall–Kier alpha value is -0.0800. The van der Waals surface area contributed by atoms with Gasteiger partial charge in [0.05, 0.1) is 0 Å². The molecule has 0 nitrogen and oxygen atoms in total. The molecule has 1 atom stereocenters. The molecule has 0 bridgehead atoms. The van der Waals surface area contributed by atoms with Crippen LogP contribution < -0.4 is 0 Å². The van der Waals surface area contributed by atoms with Crippen LogP contribution in [0.2, 0.25) is 0 Å². The van der Waals surface area contributed by atoms with E-state index >= 15 is 0 Å². The molecule has 0 amide bonds. The SMILES string of the molecule is CC(C)C(C)(CCl)Cc1cc(Br)ccc1F. The van der Waals surface area contributed by atoms with E-state index in [-0.39, 0.29) is 11.2 Å². The molecule has 0 aliphatic heterocycles. The zero-order chi connectivity index (χ0) is 12.3. The molecule has 1 aromatic rings. The third-order valence-electron chi connectivity index (χ3n) is 3.30. The Labute approximate surface area is 110 Å². The van der Waals surface area contributed by atoms with Crippen LogP contribution in [0.5, 0.6) is 0 Å². The predicted molar refractivity (Wildman–Crippen MR) is 71.5 cm³/mol. The lowest BCUT2D eigenvalue weighted by atomic mass is 9.76. The first kappa shape index (κ1) is 14.0. The van der Waals surface area contributed by atoms with Crippen molar-refractivity contribution in [2.75, 3.05) is 5.88 Å². The number of halogens is 3. The summed E-state index contributed by atoms with van der Waals surface area (Å²) in [4.78, 5) is 0. The Morgan fingerprint density at radius 2 is 2.06 bits per heavy atom. The number of hydrogen-bond acceptors (Lipinski definition) is 0. The summed E-state index contributed by atoms with van der Waals surface area (Å²) in [5.41, 5.74) is 0.662. The third-order valence-corrected chi connectivity index (χ3v) is 4.40. The second-order valence-electron chi connectivity index (χ2n) is 4.85. The normalized spacial score (nSPS) is 15.2. The van der Waals surface area contributed by atoms with Gasteiger partial charge in [-0.2, -0.15) is 0 Å². The smallest absolute Gasteiger partial charge is 0.126 e. The Morgan fingerprint density at radius 3 is 2.56 bits per heavy atom. The van der Waals surface area contributed by atoms with E-state index in [2.05, 4.69) is 36.7 Å². The van der Waals surface area contributed by atoms with Crippen molar-refractivity contribution < 1.29 is 4.39 Å². The molecule has 0 fully saturated rings. The number of benzene rings is 1. The van der Waals surface area contributed by atoms with Crippen molar-refractivity contribution in [1.29, 1.82) is 0 Å². The summed E-state index contributed by atoms with van der Waals surface area (Å²) in [6.45, 7) is 6.35. The van der Waals surface area contributed by atoms with Gasteiger partial charge in [0.2, 0.25) is 0 Å². The molecular formula is C13H17BrClF. The van der Waals surface area contributed by atoms with Gasteiger partial charge in [0, 0.05) is 10.4 Å². The molecule has 0 saturated carbocycles. The van der Waals surface area contributed by atoms with Crippen LogP contribution in [0.25, 0.3) is 0 Å². The summed E-state index contributed by atoms with van der Waals surface area (Å²) in [6, 6.07) is 5.04. The minimum absolute atomic E-state index is 0.0663. The van der Waals surface area contributed by atoms with E-state index in [1.54, 1.807) is 6.07 Å². The highest BCUT2D eigenvalue weighted by Gasteiger charge is 2.28. The van der Waals surface area contributed by atoms with E-state index in [9.17, 15) is 4.39 Å². The van der Waals surface area contributed by atoms with Gasteiger partial charge in [-0.05, 0) is 41.5 Å². The van der Waals surface area contributed by atoms with Gasteiger partial charge in [-0.25, -0.2) is 4.39 Å². The topological polar surface area (TPSA) is 0 Å². The predicted octanol–water partition coefficient (Wildman–Crippen LogP) is 5.03. The highest BCUT2D eigenvalue weighted by atomic mass is 79.9. The first-order valence-electron chi connectivity index (χ1n) is 5.39. The molecule has 0 radical (unpaired) electrons. The maximum atomic E-state index is 13.6. The molecule has 3 heteroatoms. The van der Waals surface area contributed by atoms with Gasteiger partial charge >= 0.3 is 0 Å². The van der Waals surface area contributed by atoms with Crippen molar-refractivity contribution in [2.24, 2.45) is 11.3 Å². The quantitative estimate of drug-likeness (QED) is 0.684. The summed E-state index contributed by atoms with van der Waals surface area (Å²) in [5, 5.41) is 0. The zero-order valence-electron chi connectivity index (χ0n) is 9.86. The molecule has 0 aliphatic rings. The van der Waals surface area contributed by atoms with E-state index in [1.807, 2.05) is 6.07 Å². The molecule has 1 aromatic carbocycles. The van der Waals surface area contributed by atoms with Crippen molar-refractivity contribution in [3.05, 3.63) is 34.1 Å². The molecule has 0 saturated heterocycles. The van der Waals surface area contributed by atoms with Crippen molar-refractivity contribution in [2.45, 2.75) is 27.2 Å². The fraction of sp³-hybridized carbons (Fsp3) is 0.538. The lowest BCUT2D eigenvalue weighted by molar-refractivity contribution is 0.250. The molecule has 0 aliphatic carbocycles. The van der Waals surface area contributed by atoms with E-state index in [1.165, 1.54) is 6.07 Å². The van der Waals surface area contributed by atoms with Crippen molar-refractivity contribution >= 4 is 27.5 Å². The standard InChI is InChI=1S/C13H17BrClF/c1-9(2)13(3,8-15)7-10-6-11(14)4-5-12(10)16/h4-6,9H,7-8H2,1-3H3. The fourth-order valence-electron chi connectivity index (χ4n) is 1.52. The average molecular weight is 308 g/mol. The first-order valence-corrected chi connectivity index (χ1v) is 6.71. The van der Waals surface area contributed by atoms with Gasteiger partial charge in [-0.15, -0.1) is 11.6 Å². The fourth-order valence-corrected chi connectivity index (χ4v) is 2.33. The second-order valence-corrected chi connectivity index (χ2v) is 6.04. The van der Waals surface area contributed by atoms with Gasteiger partial charge in [-0.3, -0.25) is 0 Å². The minimum atomic E-state index is -0.153. The molecule has 0 N–H and O–H groups in total. The Balaban J connectivity index is 2.98. The molecule has 0 spiro atoms. The van der Waals surface area contributed by atoms with Crippen LogP contribution in [0.4, 0.5) is 4.39 Å². The van der Waals surface area contributed by atoms with Gasteiger partial charge in [0.1, 0.15) is 5.82 Å². The maximum Gasteiger partial charge on any atom is 0.126 e. The second kappa shape index (κ2) is 5.50. The molecule has 90 valence electrons. The Morgan fingerprint density at radius 1 is 1.44 bits per heavy atom. The Kier molecular flexibility index (Phi) is 4.81. The van der Waals surface area contributed by atoms with Crippen molar-refractivity contribution in [3.8, 4) is 0 Å². The van der Waals surface area contributed by atoms with E-state index < -0.39 is 0 Å². The van der Waals surface area contributed by atoms with Crippen LogP contribution in [0.3, 0.4) is 0 Å². The monoisotopic (exact) mass is 306 g/mol. The summed E-state index contributed by atoms with van der Waals surface area (Å²) in [7, 11) is 0. The van der Waals surface area contributed by atoms with E-state index in [4.69, 9.17) is 11.6 Å². The van der Waals surface area contributed by atoms with Crippen LogP contribution >= 0.6 is 27.5 Å². The third kappa shape index (κ3) is 3.21. The zero-order valence-corrected chi connectivity index (χ0v) is 12.2. The molecule has 0 heterocycles. The van der Waals surface area contributed by atoms with Gasteiger partial charge in [-0.1, -0.05) is 36.7 Å². The van der Waals surface area contributed by atoms with Crippen LogP contribution in [0.1, 0.15) is 26.3 Å². The lowest BCUT2D eigenvalue weighted by Gasteiger charge is -2.32. The average Bonchev–Trinajstić information content (AvgIpc) is 2.23. The van der Waals surface area contributed by atoms with Gasteiger partial charge in [0.15, 0.2) is 0 Å². The largest absolute Gasteiger partial charge is 0.207 e. The lowest BCUT2D eigenvalue weighted by Crippen LogP contribution is -2.28. The Bertz CT molecular complexity index is 365. The first-order chi connectivity index (χ1) is 7.39. The van der Waals surface area contributed by atoms with E-state index in [0.717, 1.165) is 10.0 Å². The van der Waals surface area contributed by atoms with Crippen molar-refractivity contribution in [3.63, 3.8) is 0 Å². The number of alkyl halides is 1. The van der Waals surface area contributed by atoms with Gasteiger partial charge < -0.3 is 0 Å². The summed E-state index contributed by atoms with van der Waals surface area (Å²) < 4.78 is 14.5. The molecule has 1 unspecified atom stereocenters. The van der Waals surface area contributed by atoms with Crippen LogP contribution in [0.15, 0.2) is 22.7 Å². The summed E-state index contributed by atoms with van der Waals surface area (Å²) in [6.07, 6.45) is 0.666. The highest BCUT2D eigenvalue weighted by Crippen LogP contribution is 2.34.